The van der Waals surface area contributed by atoms with Gasteiger partial charge in [0.05, 0.1) is 5.54 Å². The maximum atomic E-state index is 5.88. The van der Waals surface area contributed by atoms with Crippen molar-refractivity contribution in [1.82, 2.24) is 9.55 Å². The third kappa shape index (κ3) is 1.27. The van der Waals surface area contributed by atoms with E-state index in [1.165, 1.54) is 25.7 Å². The van der Waals surface area contributed by atoms with E-state index in [-0.39, 0.29) is 5.54 Å². The molecule has 3 nitrogen and oxygen atoms in total. The maximum absolute atomic E-state index is 5.88. The lowest BCUT2D eigenvalue weighted by Gasteiger charge is -2.30. The van der Waals surface area contributed by atoms with Crippen molar-refractivity contribution in [3.05, 3.63) is 18.2 Å². The molecule has 1 fully saturated rings. The molecule has 13 heavy (non-hydrogen) atoms. The van der Waals surface area contributed by atoms with Gasteiger partial charge in [-0.15, -0.1) is 0 Å². The summed E-state index contributed by atoms with van der Waals surface area (Å²) in [6.45, 7) is 2.79. The van der Waals surface area contributed by atoms with Gasteiger partial charge in [0.25, 0.3) is 0 Å². The summed E-state index contributed by atoms with van der Waals surface area (Å²) in [5.41, 5.74) is 6.06. The minimum atomic E-state index is 0.181. The summed E-state index contributed by atoms with van der Waals surface area (Å²) >= 11 is 0. The molecule has 0 bridgehead atoms. The third-order valence-corrected chi connectivity index (χ3v) is 3.25. The van der Waals surface area contributed by atoms with E-state index in [9.17, 15) is 0 Å². The Kier molecular flexibility index (Phi) is 2.12. The lowest BCUT2D eigenvalue weighted by atomic mass is 9.97. The molecule has 1 saturated carbocycles. The van der Waals surface area contributed by atoms with Crippen molar-refractivity contribution < 1.29 is 0 Å². The van der Waals surface area contributed by atoms with Gasteiger partial charge in [0.1, 0.15) is 5.82 Å². The summed E-state index contributed by atoms with van der Waals surface area (Å²) in [6, 6.07) is 0. The molecule has 0 spiro atoms. The van der Waals surface area contributed by atoms with Crippen LogP contribution in [0.25, 0.3) is 0 Å². The smallest absolute Gasteiger partial charge is 0.106 e. The van der Waals surface area contributed by atoms with Gasteiger partial charge in [-0.1, -0.05) is 12.8 Å². The summed E-state index contributed by atoms with van der Waals surface area (Å²) < 4.78 is 2.26. The van der Waals surface area contributed by atoms with Crippen molar-refractivity contribution >= 4 is 0 Å². The SMILES string of the molecule is Cc1nccn1C1(CN)CCCC1. The van der Waals surface area contributed by atoms with Crippen LogP contribution in [-0.4, -0.2) is 16.1 Å². The van der Waals surface area contributed by atoms with Crippen molar-refractivity contribution in [2.45, 2.75) is 38.1 Å². The summed E-state index contributed by atoms with van der Waals surface area (Å²) in [7, 11) is 0. The van der Waals surface area contributed by atoms with Crippen molar-refractivity contribution in [3.8, 4) is 0 Å². The molecule has 72 valence electrons. The van der Waals surface area contributed by atoms with Crippen LogP contribution >= 0.6 is 0 Å². The van der Waals surface area contributed by atoms with Crippen LogP contribution in [0, 0.1) is 6.92 Å². The summed E-state index contributed by atoms with van der Waals surface area (Å²) in [6.07, 6.45) is 8.95. The molecule has 0 aromatic carbocycles. The summed E-state index contributed by atoms with van der Waals surface area (Å²) in [5, 5.41) is 0. The Labute approximate surface area is 79.0 Å². The van der Waals surface area contributed by atoms with Crippen LogP contribution < -0.4 is 5.73 Å². The van der Waals surface area contributed by atoms with Crippen molar-refractivity contribution in [2.24, 2.45) is 5.73 Å². The van der Waals surface area contributed by atoms with Crippen molar-refractivity contribution in [2.75, 3.05) is 6.54 Å². The second-order valence-corrected chi connectivity index (χ2v) is 3.98. The molecule has 0 aliphatic heterocycles. The van der Waals surface area contributed by atoms with Gasteiger partial charge in [0.2, 0.25) is 0 Å². The van der Waals surface area contributed by atoms with Gasteiger partial charge in [-0.05, 0) is 19.8 Å². The van der Waals surface area contributed by atoms with E-state index in [2.05, 4.69) is 22.7 Å². The zero-order chi connectivity index (χ0) is 9.31. The number of aryl methyl sites for hydroxylation is 1. The number of imidazole rings is 1. The van der Waals surface area contributed by atoms with Gasteiger partial charge in [-0.2, -0.15) is 0 Å². The number of hydrogen-bond donors (Lipinski definition) is 1. The fraction of sp³-hybridized carbons (Fsp3) is 0.700. The predicted molar refractivity (Wildman–Crippen MR) is 52.5 cm³/mol. The summed E-state index contributed by atoms with van der Waals surface area (Å²) in [5.74, 6) is 1.09. The highest BCUT2D eigenvalue weighted by Gasteiger charge is 2.34. The Morgan fingerprint density at radius 2 is 2.23 bits per heavy atom. The zero-order valence-electron chi connectivity index (χ0n) is 8.16. The Hall–Kier alpha value is -0.830. The van der Waals surface area contributed by atoms with E-state index in [1.807, 2.05) is 6.20 Å². The van der Waals surface area contributed by atoms with E-state index in [4.69, 9.17) is 5.73 Å². The van der Waals surface area contributed by atoms with Crippen LogP contribution in [0.15, 0.2) is 12.4 Å². The molecular weight excluding hydrogens is 162 g/mol. The van der Waals surface area contributed by atoms with Gasteiger partial charge in [-0.25, -0.2) is 4.98 Å². The first kappa shape index (κ1) is 8.75. The first-order valence-corrected chi connectivity index (χ1v) is 4.99. The molecule has 0 atom stereocenters. The molecule has 1 aliphatic rings. The Morgan fingerprint density at radius 3 is 2.69 bits per heavy atom. The highest BCUT2D eigenvalue weighted by Crippen LogP contribution is 2.36. The van der Waals surface area contributed by atoms with Crippen LogP contribution in [0.4, 0.5) is 0 Å². The Morgan fingerprint density at radius 1 is 1.54 bits per heavy atom. The topological polar surface area (TPSA) is 43.8 Å². The lowest BCUT2D eigenvalue weighted by Crippen LogP contribution is -2.38. The zero-order valence-corrected chi connectivity index (χ0v) is 8.16. The Balaban J connectivity index is 2.36. The minimum absolute atomic E-state index is 0.181. The molecule has 1 aromatic heterocycles. The molecular formula is C10H17N3. The van der Waals surface area contributed by atoms with Gasteiger partial charge in [0, 0.05) is 18.9 Å². The number of aromatic nitrogens is 2. The second-order valence-electron chi connectivity index (χ2n) is 3.98. The van der Waals surface area contributed by atoms with Gasteiger partial charge < -0.3 is 10.3 Å². The molecule has 2 N–H and O–H groups in total. The van der Waals surface area contributed by atoms with Crippen molar-refractivity contribution in [3.63, 3.8) is 0 Å². The normalized spacial score (nSPS) is 20.8. The monoisotopic (exact) mass is 179 g/mol. The number of nitrogens with zero attached hydrogens (tertiary/aromatic N) is 2. The Bertz CT molecular complexity index is 284. The predicted octanol–water partition coefficient (Wildman–Crippen LogP) is 1.42. The minimum Gasteiger partial charge on any atom is -0.328 e. The lowest BCUT2D eigenvalue weighted by molar-refractivity contribution is 0.297. The van der Waals surface area contributed by atoms with Crippen molar-refractivity contribution in [1.29, 1.82) is 0 Å². The van der Waals surface area contributed by atoms with Gasteiger partial charge in [0.15, 0.2) is 0 Å². The number of hydrogen-bond acceptors (Lipinski definition) is 2. The number of rotatable bonds is 2. The highest BCUT2D eigenvalue weighted by molar-refractivity contribution is 5.02. The molecule has 0 radical (unpaired) electrons. The van der Waals surface area contributed by atoms with Crippen LogP contribution in [0.1, 0.15) is 31.5 Å². The van der Waals surface area contributed by atoms with E-state index in [1.54, 1.807) is 0 Å². The molecule has 1 aromatic rings. The van der Waals surface area contributed by atoms with E-state index < -0.39 is 0 Å². The highest BCUT2D eigenvalue weighted by atomic mass is 15.1. The average molecular weight is 179 g/mol. The molecule has 1 aliphatic carbocycles. The molecule has 0 unspecified atom stereocenters. The fourth-order valence-electron chi connectivity index (χ4n) is 2.46. The van der Waals surface area contributed by atoms with Crippen LogP contribution in [0.3, 0.4) is 0 Å². The molecule has 2 rings (SSSR count). The molecule has 1 heterocycles. The third-order valence-electron chi connectivity index (χ3n) is 3.25. The second kappa shape index (κ2) is 3.14. The molecule has 0 amide bonds. The molecule has 0 saturated heterocycles. The van der Waals surface area contributed by atoms with Gasteiger partial charge in [-0.3, -0.25) is 0 Å². The first-order chi connectivity index (χ1) is 6.28. The van der Waals surface area contributed by atoms with Crippen LogP contribution in [0.5, 0.6) is 0 Å². The quantitative estimate of drug-likeness (QED) is 0.746. The van der Waals surface area contributed by atoms with E-state index in [0.717, 1.165) is 12.4 Å². The molecule has 3 heteroatoms. The van der Waals surface area contributed by atoms with Crippen LogP contribution in [-0.2, 0) is 5.54 Å². The first-order valence-electron chi connectivity index (χ1n) is 4.99. The maximum Gasteiger partial charge on any atom is 0.106 e. The fourth-order valence-corrected chi connectivity index (χ4v) is 2.46. The van der Waals surface area contributed by atoms with Gasteiger partial charge >= 0.3 is 0 Å². The van der Waals surface area contributed by atoms with E-state index in [0.29, 0.717) is 0 Å². The standard InChI is InChI=1S/C10H17N3/c1-9-12-6-7-13(9)10(8-11)4-2-3-5-10/h6-7H,2-5,8,11H2,1H3. The summed E-state index contributed by atoms with van der Waals surface area (Å²) in [4.78, 5) is 4.26. The van der Waals surface area contributed by atoms with E-state index >= 15 is 0 Å². The number of nitrogens with two attached hydrogens (primary N) is 1. The largest absolute Gasteiger partial charge is 0.328 e. The van der Waals surface area contributed by atoms with Crippen LogP contribution in [0.2, 0.25) is 0 Å². The average Bonchev–Trinajstić information content (AvgIpc) is 2.73.